The molecular formula is C24H32N6O3. The molecule has 33 heavy (non-hydrogen) atoms. The van der Waals surface area contributed by atoms with E-state index in [0.29, 0.717) is 24.1 Å². The zero-order valence-electron chi connectivity index (χ0n) is 19.3. The molecule has 9 nitrogen and oxygen atoms in total. The lowest BCUT2D eigenvalue weighted by Gasteiger charge is -2.30. The molecule has 1 aromatic heterocycles. The number of rotatable bonds is 7. The summed E-state index contributed by atoms with van der Waals surface area (Å²) in [6.07, 6.45) is 8.44. The van der Waals surface area contributed by atoms with Gasteiger partial charge in [-0.25, -0.2) is 4.98 Å². The number of hydrogen-bond donors (Lipinski definition) is 2. The Morgan fingerprint density at radius 3 is 2.64 bits per heavy atom. The molecule has 2 aliphatic rings. The van der Waals surface area contributed by atoms with Crippen LogP contribution in [-0.4, -0.2) is 47.5 Å². The van der Waals surface area contributed by atoms with E-state index in [1.807, 2.05) is 14.1 Å². The topological polar surface area (TPSA) is 113 Å². The number of nitrogens with one attached hydrogen (secondary N) is 2. The van der Waals surface area contributed by atoms with E-state index in [4.69, 9.17) is 9.97 Å². The smallest absolute Gasteiger partial charge is 0.270 e. The van der Waals surface area contributed by atoms with E-state index in [2.05, 4.69) is 15.5 Å². The Hall–Kier alpha value is -3.23. The molecule has 1 heterocycles. The maximum atomic E-state index is 12.4. The summed E-state index contributed by atoms with van der Waals surface area (Å²) in [5.74, 6) is 1.88. The van der Waals surface area contributed by atoms with Crippen molar-refractivity contribution in [3.8, 4) is 0 Å². The van der Waals surface area contributed by atoms with Crippen molar-refractivity contribution in [3.63, 3.8) is 0 Å². The van der Waals surface area contributed by atoms with Gasteiger partial charge in [0.1, 0.15) is 5.82 Å². The molecule has 0 bridgehead atoms. The molecule has 0 aliphatic heterocycles. The number of nitrogens with zero attached hydrogens (tertiary/aromatic N) is 4. The van der Waals surface area contributed by atoms with Gasteiger partial charge < -0.3 is 15.5 Å². The predicted molar refractivity (Wildman–Crippen MR) is 128 cm³/mol. The van der Waals surface area contributed by atoms with Crippen LogP contribution < -0.4 is 15.5 Å². The minimum Gasteiger partial charge on any atom is -0.362 e. The molecule has 0 atom stereocenters. The van der Waals surface area contributed by atoms with Crippen LogP contribution >= 0.6 is 0 Å². The summed E-state index contributed by atoms with van der Waals surface area (Å²) in [6.45, 7) is 0.578. The molecule has 1 aromatic carbocycles. The Balaban J connectivity index is 1.29. The van der Waals surface area contributed by atoms with Gasteiger partial charge >= 0.3 is 0 Å². The number of anilines is 2. The quantitative estimate of drug-likeness (QED) is 0.486. The summed E-state index contributed by atoms with van der Waals surface area (Å²) >= 11 is 0. The van der Waals surface area contributed by atoms with E-state index in [-0.39, 0.29) is 11.6 Å². The van der Waals surface area contributed by atoms with Crippen LogP contribution in [0.2, 0.25) is 0 Å². The fraction of sp³-hybridized carbons (Fsp3) is 0.542. The molecule has 0 unspecified atom stereocenters. The standard InChI is InChI=1S/C24H32N6O3/c1-29(2)22-20-8-3-4-9-21(20)27-24(28-22)26-18-12-10-16(11-13-18)15-25-23(31)17-6-5-7-19(14-17)30(32)33/h5-7,14,16,18H,3-4,8-13,15H2,1-2H3,(H,25,31)(H,26,27,28). The Morgan fingerprint density at radius 1 is 1.15 bits per heavy atom. The van der Waals surface area contributed by atoms with Crippen molar-refractivity contribution in [1.29, 1.82) is 0 Å². The second kappa shape index (κ2) is 10.1. The van der Waals surface area contributed by atoms with Crippen molar-refractivity contribution in [2.24, 2.45) is 5.92 Å². The Kier molecular flexibility index (Phi) is 7.05. The van der Waals surface area contributed by atoms with Crippen molar-refractivity contribution in [2.45, 2.75) is 57.4 Å². The third-order valence-corrected chi connectivity index (χ3v) is 6.64. The van der Waals surface area contributed by atoms with Gasteiger partial charge in [-0.05, 0) is 63.4 Å². The summed E-state index contributed by atoms with van der Waals surface area (Å²) in [5, 5.41) is 17.4. The summed E-state index contributed by atoms with van der Waals surface area (Å²) in [5.41, 5.74) is 2.72. The highest BCUT2D eigenvalue weighted by Gasteiger charge is 2.24. The van der Waals surface area contributed by atoms with Crippen molar-refractivity contribution >= 4 is 23.4 Å². The van der Waals surface area contributed by atoms with Crippen LogP contribution in [0.5, 0.6) is 0 Å². The van der Waals surface area contributed by atoms with Crippen LogP contribution in [0.15, 0.2) is 24.3 Å². The first-order valence-electron chi connectivity index (χ1n) is 11.8. The average molecular weight is 453 g/mol. The van der Waals surface area contributed by atoms with Gasteiger partial charge in [0.25, 0.3) is 11.6 Å². The van der Waals surface area contributed by atoms with Crippen molar-refractivity contribution in [1.82, 2.24) is 15.3 Å². The second-order valence-corrected chi connectivity index (χ2v) is 9.28. The Bertz CT molecular complexity index is 1020. The molecule has 2 N–H and O–H groups in total. The number of benzene rings is 1. The molecule has 1 fully saturated rings. The highest BCUT2D eigenvalue weighted by molar-refractivity contribution is 5.94. The van der Waals surface area contributed by atoms with Gasteiger partial charge in [0, 0.05) is 49.9 Å². The average Bonchev–Trinajstić information content (AvgIpc) is 2.83. The van der Waals surface area contributed by atoms with E-state index in [9.17, 15) is 14.9 Å². The van der Waals surface area contributed by atoms with Crippen molar-refractivity contribution in [3.05, 3.63) is 51.2 Å². The number of fused-ring (bicyclic) bond motifs is 1. The fourth-order valence-electron chi connectivity index (χ4n) is 4.80. The van der Waals surface area contributed by atoms with Crippen LogP contribution in [0, 0.1) is 16.0 Å². The number of amides is 1. The molecule has 9 heteroatoms. The maximum absolute atomic E-state index is 12.4. The lowest BCUT2D eigenvalue weighted by Crippen LogP contribution is -2.34. The van der Waals surface area contributed by atoms with Gasteiger partial charge in [0.2, 0.25) is 5.95 Å². The lowest BCUT2D eigenvalue weighted by atomic mass is 9.86. The van der Waals surface area contributed by atoms with E-state index in [0.717, 1.165) is 50.3 Å². The van der Waals surface area contributed by atoms with Gasteiger partial charge in [0.05, 0.1) is 10.6 Å². The largest absolute Gasteiger partial charge is 0.362 e. The van der Waals surface area contributed by atoms with E-state index >= 15 is 0 Å². The van der Waals surface area contributed by atoms with Gasteiger partial charge in [-0.1, -0.05) is 6.07 Å². The first kappa shape index (κ1) is 22.9. The highest BCUT2D eigenvalue weighted by Crippen LogP contribution is 2.30. The number of nitro groups is 1. The van der Waals surface area contributed by atoms with Crippen LogP contribution in [0.3, 0.4) is 0 Å². The maximum Gasteiger partial charge on any atom is 0.270 e. The molecule has 0 saturated heterocycles. The van der Waals surface area contributed by atoms with E-state index in [1.165, 1.54) is 42.3 Å². The summed E-state index contributed by atoms with van der Waals surface area (Å²) in [7, 11) is 4.07. The normalized spacial score (nSPS) is 19.9. The number of nitro benzene ring substituents is 1. The van der Waals surface area contributed by atoms with Gasteiger partial charge in [-0.3, -0.25) is 14.9 Å². The molecule has 176 valence electrons. The first-order chi connectivity index (χ1) is 15.9. The zero-order valence-corrected chi connectivity index (χ0v) is 19.3. The van der Waals surface area contributed by atoms with Crippen LogP contribution in [0.4, 0.5) is 17.5 Å². The first-order valence-corrected chi connectivity index (χ1v) is 11.8. The molecule has 0 spiro atoms. The summed E-state index contributed by atoms with van der Waals surface area (Å²) in [6, 6.07) is 6.17. The van der Waals surface area contributed by atoms with Crippen LogP contribution in [0.25, 0.3) is 0 Å². The molecule has 1 saturated carbocycles. The molecule has 2 aliphatic carbocycles. The molecular weight excluding hydrogens is 420 g/mol. The zero-order chi connectivity index (χ0) is 23.4. The highest BCUT2D eigenvalue weighted by atomic mass is 16.6. The minimum atomic E-state index is -0.487. The van der Waals surface area contributed by atoms with Gasteiger partial charge in [-0.15, -0.1) is 0 Å². The third-order valence-electron chi connectivity index (χ3n) is 6.64. The third kappa shape index (κ3) is 5.58. The molecule has 1 amide bonds. The second-order valence-electron chi connectivity index (χ2n) is 9.28. The molecule has 4 rings (SSSR count). The fourth-order valence-corrected chi connectivity index (χ4v) is 4.80. The number of carbonyl (C=O) groups is 1. The van der Waals surface area contributed by atoms with Gasteiger partial charge in [-0.2, -0.15) is 4.98 Å². The number of non-ortho nitro benzene ring substituents is 1. The summed E-state index contributed by atoms with van der Waals surface area (Å²) < 4.78 is 0. The molecule has 0 radical (unpaired) electrons. The lowest BCUT2D eigenvalue weighted by molar-refractivity contribution is -0.384. The van der Waals surface area contributed by atoms with Crippen molar-refractivity contribution in [2.75, 3.05) is 30.9 Å². The minimum absolute atomic E-state index is 0.0731. The van der Waals surface area contributed by atoms with Crippen LogP contribution in [0.1, 0.15) is 60.1 Å². The van der Waals surface area contributed by atoms with E-state index < -0.39 is 4.92 Å². The number of aryl methyl sites for hydroxylation is 1. The Labute approximate surface area is 194 Å². The number of carbonyl (C=O) groups excluding carboxylic acids is 1. The SMILES string of the molecule is CN(C)c1nc(NC2CCC(CNC(=O)c3cccc([N+](=O)[O-])c3)CC2)nc2c1CCCC2. The Morgan fingerprint density at radius 2 is 1.91 bits per heavy atom. The van der Waals surface area contributed by atoms with E-state index in [1.54, 1.807) is 6.07 Å². The molecule has 2 aromatic rings. The monoisotopic (exact) mass is 452 g/mol. The van der Waals surface area contributed by atoms with Gasteiger partial charge in [0.15, 0.2) is 0 Å². The number of aromatic nitrogens is 2. The summed E-state index contributed by atoms with van der Waals surface area (Å²) in [4.78, 5) is 34.6. The number of hydrogen-bond acceptors (Lipinski definition) is 7. The van der Waals surface area contributed by atoms with Crippen molar-refractivity contribution < 1.29 is 9.72 Å². The van der Waals surface area contributed by atoms with Crippen LogP contribution in [-0.2, 0) is 12.8 Å². The predicted octanol–water partition coefficient (Wildman–Crippen LogP) is 3.73.